The Hall–Kier alpha value is -1.81. The fourth-order valence-electron chi connectivity index (χ4n) is 2.24. The maximum absolute atomic E-state index is 11.6. The molecule has 1 aromatic heterocycles. The molecule has 0 aliphatic heterocycles. The summed E-state index contributed by atoms with van der Waals surface area (Å²) in [4.78, 5) is 14.9. The number of fused-ring (bicyclic) bond motifs is 1. The van der Waals surface area contributed by atoms with Crippen LogP contribution in [-0.2, 0) is 11.2 Å². The average molecular weight is 274 g/mol. The minimum Gasteiger partial charge on any atom is -0.391 e. The molecule has 0 aliphatic rings. The van der Waals surface area contributed by atoms with Gasteiger partial charge in [-0.1, -0.05) is 25.1 Å². The van der Waals surface area contributed by atoms with Crippen molar-refractivity contribution in [2.24, 2.45) is 0 Å². The minimum atomic E-state index is -0.437. The third kappa shape index (κ3) is 3.84. The first-order valence-corrected chi connectivity index (χ1v) is 7.20. The van der Waals surface area contributed by atoms with Crippen LogP contribution in [-0.4, -0.2) is 28.6 Å². The molecule has 0 saturated carbocycles. The largest absolute Gasteiger partial charge is 0.391 e. The van der Waals surface area contributed by atoms with E-state index in [2.05, 4.69) is 22.4 Å². The SMILES string of the molecule is CCC(O)CNC(=O)CCCc1c[nH]c2ccccc12. The number of aliphatic hydroxyl groups excluding tert-OH is 1. The molecule has 2 rings (SSSR count). The lowest BCUT2D eigenvalue weighted by molar-refractivity contribution is -0.121. The average Bonchev–Trinajstić information content (AvgIpc) is 2.88. The zero-order valence-electron chi connectivity index (χ0n) is 11.9. The number of carbonyl (C=O) groups is 1. The second-order valence-corrected chi connectivity index (χ2v) is 5.08. The van der Waals surface area contributed by atoms with Gasteiger partial charge in [-0.25, -0.2) is 0 Å². The van der Waals surface area contributed by atoms with Crippen LogP contribution in [0.2, 0.25) is 0 Å². The predicted molar refractivity (Wildman–Crippen MR) is 80.5 cm³/mol. The third-order valence-electron chi connectivity index (χ3n) is 3.53. The Morgan fingerprint density at radius 3 is 3.00 bits per heavy atom. The molecule has 20 heavy (non-hydrogen) atoms. The molecule has 0 fully saturated rings. The number of rotatable bonds is 7. The first-order valence-electron chi connectivity index (χ1n) is 7.20. The van der Waals surface area contributed by atoms with Crippen molar-refractivity contribution in [3.8, 4) is 0 Å². The topological polar surface area (TPSA) is 65.1 Å². The van der Waals surface area contributed by atoms with Crippen LogP contribution in [0.3, 0.4) is 0 Å². The summed E-state index contributed by atoms with van der Waals surface area (Å²) < 4.78 is 0. The van der Waals surface area contributed by atoms with E-state index in [0.29, 0.717) is 19.4 Å². The number of para-hydroxylation sites is 1. The normalized spacial score (nSPS) is 12.5. The predicted octanol–water partition coefficient (Wildman–Crippen LogP) is 2.38. The van der Waals surface area contributed by atoms with Crippen LogP contribution in [0, 0.1) is 0 Å². The Bertz CT molecular complexity index is 562. The second-order valence-electron chi connectivity index (χ2n) is 5.08. The van der Waals surface area contributed by atoms with Crippen molar-refractivity contribution < 1.29 is 9.90 Å². The summed E-state index contributed by atoms with van der Waals surface area (Å²) in [7, 11) is 0. The molecular weight excluding hydrogens is 252 g/mol. The number of hydrogen-bond acceptors (Lipinski definition) is 2. The molecule has 0 saturated heterocycles. The highest BCUT2D eigenvalue weighted by molar-refractivity contribution is 5.83. The summed E-state index contributed by atoms with van der Waals surface area (Å²) in [6.45, 7) is 2.25. The molecule has 2 aromatic rings. The molecule has 1 atom stereocenters. The molecule has 0 bridgehead atoms. The van der Waals surface area contributed by atoms with Crippen molar-refractivity contribution >= 4 is 16.8 Å². The Morgan fingerprint density at radius 1 is 1.40 bits per heavy atom. The van der Waals surface area contributed by atoms with Gasteiger partial charge in [0.1, 0.15) is 0 Å². The molecule has 0 spiro atoms. The number of aromatic amines is 1. The molecule has 0 aliphatic carbocycles. The zero-order valence-corrected chi connectivity index (χ0v) is 11.9. The van der Waals surface area contributed by atoms with Gasteiger partial charge in [-0.3, -0.25) is 4.79 Å². The number of hydrogen-bond donors (Lipinski definition) is 3. The van der Waals surface area contributed by atoms with Gasteiger partial charge in [0.15, 0.2) is 0 Å². The summed E-state index contributed by atoms with van der Waals surface area (Å²) in [6, 6.07) is 8.18. The van der Waals surface area contributed by atoms with Crippen LogP contribution in [0.25, 0.3) is 10.9 Å². The molecular formula is C16H22N2O2. The Morgan fingerprint density at radius 2 is 2.20 bits per heavy atom. The van der Waals surface area contributed by atoms with Crippen molar-refractivity contribution in [1.29, 1.82) is 0 Å². The molecule has 1 aromatic carbocycles. The minimum absolute atomic E-state index is 0.0114. The van der Waals surface area contributed by atoms with Crippen molar-refractivity contribution in [1.82, 2.24) is 10.3 Å². The highest BCUT2D eigenvalue weighted by Gasteiger charge is 2.07. The van der Waals surface area contributed by atoms with E-state index in [0.717, 1.165) is 18.4 Å². The smallest absolute Gasteiger partial charge is 0.220 e. The molecule has 4 heteroatoms. The maximum atomic E-state index is 11.6. The molecule has 1 heterocycles. The van der Waals surface area contributed by atoms with Crippen molar-refractivity contribution in [2.45, 2.75) is 38.7 Å². The number of aliphatic hydroxyl groups is 1. The lowest BCUT2D eigenvalue weighted by Gasteiger charge is -2.09. The lowest BCUT2D eigenvalue weighted by atomic mass is 10.1. The molecule has 108 valence electrons. The van der Waals surface area contributed by atoms with E-state index in [4.69, 9.17) is 0 Å². The number of amides is 1. The summed E-state index contributed by atoms with van der Waals surface area (Å²) in [6.07, 6.45) is 4.44. The summed E-state index contributed by atoms with van der Waals surface area (Å²) in [5, 5.41) is 13.4. The fourth-order valence-corrected chi connectivity index (χ4v) is 2.24. The van der Waals surface area contributed by atoms with E-state index in [1.165, 1.54) is 10.9 Å². The van der Waals surface area contributed by atoms with E-state index >= 15 is 0 Å². The van der Waals surface area contributed by atoms with E-state index in [1.807, 2.05) is 25.3 Å². The third-order valence-corrected chi connectivity index (χ3v) is 3.53. The first kappa shape index (κ1) is 14.6. The van der Waals surface area contributed by atoms with E-state index < -0.39 is 6.10 Å². The van der Waals surface area contributed by atoms with Gasteiger partial charge < -0.3 is 15.4 Å². The van der Waals surface area contributed by atoms with Crippen LogP contribution in [0.1, 0.15) is 31.7 Å². The van der Waals surface area contributed by atoms with Crippen LogP contribution >= 0.6 is 0 Å². The molecule has 1 amide bonds. The zero-order chi connectivity index (χ0) is 14.4. The standard InChI is InChI=1S/C16H22N2O2/c1-2-13(19)11-18-16(20)9-5-6-12-10-17-15-8-4-3-7-14(12)15/h3-4,7-8,10,13,17,19H,2,5-6,9,11H2,1H3,(H,18,20). The first-order chi connectivity index (χ1) is 9.70. The Labute approximate surface area is 119 Å². The fraction of sp³-hybridized carbons (Fsp3) is 0.438. The van der Waals surface area contributed by atoms with E-state index in [1.54, 1.807) is 0 Å². The van der Waals surface area contributed by atoms with Crippen molar-refractivity contribution in [2.75, 3.05) is 6.54 Å². The lowest BCUT2D eigenvalue weighted by Crippen LogP contribution is -2.31. The molecule has 3 N–H and O–H groups in total. The molecule has 0 radical (unpaired) electrons. The van der Waals surface area contributed by atoms with Gasteiger partial charge in [0, 0.05) is 30.1 Å². The van der Waals surface area contributed by atoms with Crippen LogP contribution in [0.4, 0.5) is 0 Å². The number of aromatic nitrogens is 1. The maximum Gasteiger partial charge on any atom is 0.220 e. The van der Waals surface area contributed by atoms with Gasteiger partial charge in [0.2, 0.25) is 5.91 Å². The van der Waals surface area contributed by atoms with Gasteiger partial charge in [-0.15, -0.1) is 0 Å². The highest BCUT2D eigenvalue weighted by atomic mass is 16.3. The number of nitrogens with one attached hydrogen (secondary N) is 2. The van der Waals surface area contributed by atoms with E-state index in [-0.39, 0.29) is 5.91 Å². The summed E-state index contributed by atoms with van der Waals surface area (Å²) >= 11 is 0. The monoisotopic (exact) mass is 274 g/mol. The van der Waals surface area contributed by atoms with Crippen LogP contribution in [0.5, 0.6) is 0 Å². The summed E-state index contributed by atoms with van der Waals surface area (Å²) in [5.74, 6) is 0.0114. The van der Waals surface area contributed by atoms with Crippen molar-refractivity contribution in [3.05, 3.63) is 36.0 Å². The van der Waals surface area contributed by atoms with Gasteiger partial charge in [0.25, 0.3) is 0 Å². The molecule has 1 unspecified atom stereocenters. The number of aryl methyl sites for hydroxylation is 1. The Kier molecular flexibility index (Phi) is 5.18. The second kappa shape index (κ2) is 7.10. The van der Waals surface area contributed by atoms with Gasteiger partial charge in [-0.05, 0) is 30.9 Å². The van der Waals surface area contributed by atoms with E-state index in [9.17, 15) is 9.90 Å². The van der Waals surface area contributed by atoms with Crippen LogP contribution in [0.15, 0.2) is 30.5 Å². The van der Waals surface area contributed by atoms with Gasteiger partial charge in [-0.2, -0.15) is 0 Å². The quantitative estimate of drug-likeness (QED) is 0.725. The van der Waals surface area contributed by atoms with Crippen molar-refractivity contribution in [3.63, 3.8) is 0 Å². The highest BCUT2D eigenvalue weighted by Crippen LogP contribution is 2.19. The molecule has 4 nitrogen and oxygen atoms in total. The number of benzene rings is 1. The Balaban J connectivity index is 1.77. The van der Waals surface area contributed by atoms with Crippen LogP contribution < -0.4 is 5.32 Å². The van der Waals surface area contributed by atoms with Gasteiger partial charge >= 0.3 is 0 Å². The number of H-pyrrole nitrogens is 1. The van der Waals surface area contributed by atoms with Gasteiger partial charge in [0.05, 0.1) is 6.10 Å². The summed E-state index contributed by atoms with van der Waals surface area (Å²) in [5.41, 5.74) is 2.39. The number of carbonyl (C=O) groups excluding carboxylic acids is 1.